The largest absolute Gasteiger partial charge is 0.456 e. The number of fused-ring (bicyclic) bond motifs is 4. The lowest BCUT2D eigenvalue weighted by Crippen LogP contribution is -2.40. The van der Waals surface area contributed by atoms with Crippen molar-refractivity contribution in [2.75, 3.05) is 0 Å². The van der Waals surface area contributed by atoms with Gasteiger partial charge in [-0.05, 0) is 67.5 Å². The Balaban J connectivity index is 1.70. The number of nitrogens with zero attached hydrogens (tertiary/aromatic N) is 2. The molecule has 0 saturated heterocycles. The summed E-state index contributed by atoms with van der Waals surface area (Å²) in [5.41, 5.74) is 11.0. The Morgan fingerprint density at radius 2 is 1.62 bits per heavy atom. The fourth-order valence-electron chi connectivity index (χ4n) is 6.71. The fourth-order valence-corrected chi connectivity index (χ4v) is 7.86. The van der Waals surface area contributed by atoms with E-state index in [-0.39, 0.29) is 0 Å². The molecule has 0 spiro atoms. The first-order chi connectivity index (χ1) is 18.6. The van der Waals surface area contributed by atoms with Crippen LogP contribution in [0.1, 0.15) is 47.9 Å². The maximum Gasteiger partial charge on any atom is 0.217 e. The molecule has 0 unspecified atom stereocenters. The number of hydrogen-bond donors (Lipinski definition) is 0. The minimum Gasteiger partial charge on any atom is -0.456 e. The van der Waals surface area contributed by atoms with Crippen LogP contribution in [-0.2, 0) is 13.5 Å². The van der Waals surface area contributed by atoms with Gasteiger partial charge in [0.15, 0.2) is 5.69 Å². The topological polar surface area (TPSA) is 21.4 Å². The minimum absolute atomic E-state index is 0.658. The lowest BCUT2D eigenvalue weighted by Gasteiger charge is -2.19. The minimum atomic E-state index is -1.48. The first kappa shape index (κ1) is 25.8. The molecule has 1 fully saturated rings. The van der Waals surface area contributed by atoms with Gasteiger partial charge in [0.25, 0.3) is 0 Å². The number of aromatic nitrogens is 1. The number of rotatable bonds is 4. The number of pyridine rings is 1. The summed E-state index contributed by atoms with van der Waals surface area (Å²) in [7, 11) is 0.745. The summed E-state index contributed by atoms with van der Waals surface area (Å²) in [4.78, 5) is 3.73. The molecule has 3 nitrogen and oxygen atoms in total. The van der Waals surface area contributed by atoms with Gasteiger partial charge in [-0.2, -0.15) is 4.57 Å². The molecule has 6 rings (SSSR count). The van der Waals surface area contributed by atoms with Gasteiger partial charge in [-0.15, -0.1) is 0 Å². The van der Waals surface area contributed by atoms with Crippen LogP contribution < -0.4 is 9.75 Å². The Kier molecular flexibility index (Phi) is 6.19. The maximum absolute atomic E-state index is 7.60. The van der Waals surface area contributed by atoms with E-state index in [4.69, 9.17) is 11.0 Å². The maximum atomic E-state index is 7.60. The highest BCUT2D eigenvalue weighted by molar-refractivity contribution is 6.88. The van der Waals surface area contributed by atoms with E-state index in [0.29, 0.717) is 5.69 Å². The smallest absolute Gasteiger partial charge is 0.217 e. The van der Waals surface area contributed by atoms with E-state index < -0.39 is 8.07 Å². The summed E-state index contributed by atoms with van der Waals surface area (Å²) in [6.07, 6.45) is 6.53. The van der Waals surface area contributed by atoms with Crippen LogP contribution >= 0.6 is 0 Å². The molecule has 0 amide bonds. The summed E-state index contributed by atoms with van der Waals surface area (Å²) in [5.74, 6) is 0.768. The van der Waals surface area contributed by atoms with Crippen molar-refractivity contribution >= 4 is 51.8 Å². The van der Waals surface area contributed by atoms with Crippen LogP contribution in [0.3, 0.4) is 0 Å². The number of furan rings is 1. The third-order valence-electron chi connectivity index (χ3n) is 9.27. The van der Waals surface area contributed by atoms with Gasteiger partial charge in [-0.25, -0.2) is 4.85 Å². The van der Waals surface area contributed by atoms with Crippen molar-refractivity contribution in [3.63, 3.8) is 0 Å². The highest BCUT2D eigenvalue weighted by atomic mass is 28.3. The highest BCUT2D eigenvalue weighted by Gasteiger charge is 2.28. The second kappa shape index (κ2) is 9.35. The second-order valence-corrected chi connectivity index (χ2v) is 17.9. The predicted octanol–water partition coefficient (Wildman–Crippen LogP) is 8.98. The summed E-state index contributed by atoms with van der Waals surface area (Å²) in [6, 6.07) is 16.0. The molecule has 1 saturated carbocycles. The summed E-state index contributed by atoms with van der Waals surface area (Å²) in [6.45, 7) is 21.3. The average Bonchev–Trinajstić information content (AvgIpc) is 3.54. The molecular formula is C35H39N2OSi+. The highest BCUT2D eigenvalue weighted by Crippen LogP contribution is 2.42. The third kappa shape index (κ3) is 4.19. The Hall–Kier alpha value is -3.42. The molecule has 0 atom stereocenters. The Labute approximate surface area is 233 Å². The second-order valence-electron chi connectivity index (χ2n) is 12.8. The average molecular weight is 532 g/mol. The molecule has 1 aliphatic carbocycles. The van der Waals surface area contributed by atoms with Crippen molar-refractivity contribution in [2.24, 2.45) is 13.0 Å². The lowest BCUT2D eigenvalue weighted by molar-refractivity contribution is -0.633. The molecule has 2 aromatic heterocycles. The van der Waals surface area contributed by atoms with Crippen molar-refractivity contribution in [2.45, 2.75) is 72.5 Å². The van der Waals surface area contributed by atoms with Crippen LogP contribution in [-0.4, -0.2) is 8.07 Å². The van der Waals surface area contributed by atoms with Gasteiger partial charge < -0.3 is 4.42 Å². The number of benzene rings is 3. The normalized spacial score (nSPS) is 14.6. The van der Waals surface area contributed by atoms with Crippen molar-refractivity contribution in [1.82, 2.24) is 0 Å². The van der Waals surface area contributed by atoms with Gasteiger partial charge in [0.2, 0.25) is 11.2 Å². The van der Waals surface area contributed by atoms with Crippen molar-refractivity contribution in [3.8, 4) is 11.3 Å². The number of aryl methyl sites for hydroxylation is 3. The van der Waals surface area contributed by atoms with Crippen molar-refractivity contribution in [1.29, 1.82) is 0 Å². The molecule has 0 aliphatic heterocycles. The SMILES string of the molecule is [C-]#[N+]c1ccc2c(oc3c(-c4cc(CC5CCCC5)c5ccc([Si](C)(C)C)cc5[n+]4C)c(C)c(C)cc32)c1C. The van der Waals surface area contributed by atoms with Gasteiger partial charge in [0, 0.05) is 28.3 Å². The van der Waals surface area contributed by atoms with E-state index in [1.54, 1.807) is 0 Å². The van der Waals surface area contributed by atoms with Crippen molar-refractivity contribution in [3.05, 3.63) is 76.1 Å². The number of hydrogen-bond acceptors (Lipinski definition) is 1. The van der Waals surface area contributed by atoms with Gasteiger partial charge in [-0.3, -0.25) is 0 Å². The summed E-state index contributed by atoms with van der Waals surface area (Å²) >= 11 is 0. The van der Waals surface area contributed by atoms with E-state index in [1.807, 2.05) is 13.0 Å². The van der Waals surface area contributed by atoms with E-state index in [0.717, 1.165) is 39.8 Å². The Morgan fingerprint density at radius 3 is 2.31 bits per heavy atom. The molecule has 3 aromatic carbocycles. The van der Waals surface area contributed by atoms with Crippen LogP contribution in [0.15, 0.2) is 46.9 Å². The molecule has 0 radical (unpaired) electrons. The Bertz CT molecular complexity index is 1820. The van der Waals surface area contributed by atoms with Gasteiger partial charge in [0.1, 0.15) is 18.2 Å². The van der Waals surface area contributed by atoms with Crippen molar-refractivity contribution < 1.29 is 8.98 Å². The zero-order valence-corrected chi connectivity index (χ0v) is 25.5. The first-order valence-corrected chi connectivity index (χ1v) is 17.9. The van der Waals surface area contributed by atoms with E-state index >= 15 is 0 Å². The summed E-state index contributed by atoms with van der Waals surface area (Å²) < 4.78 is 9.12. The van der Waals surface area contributed by atoms with E-state index in [2.05, 4.69) is 86.3 Å². The molecule has 0 N–H and O–H groups in total. The lowest BCUT2D eigenvalue weighted by atomic mass is 9.91. The first-order valence-electron chi connectivity index (χ1n) is 14.4. The van der Waals surface area contributed by atoms with Gasteiger partial charge >= 0.3 is 0 Å². The van der Waals surface area contributed by atoms with Crippen LogP contribution in [0, 0.1) is 33.3 Å². The molecule has 39 heavy (non-hydrogen) atoms. The molecule has 2 heterocycles. The standard InChI is InChI=1S/C35H39N2OSi/c1-21-17-29-28-15-16-30(36-4)23(3)34(28)38-35(29)33(22(21)2)32-19-25(18-24-11-9-10-12-24)27-14-13-26(39(6,7)8)20-31(27)37(32)5/h13-17,19-20,24H,9-12,18H2,1-3,5-8H3/q+1. The molecule has 5 aromatic rings. The fraction of sp³-hybridized carbons (Fsp3) is 0.371. The zero-order chi connectivity index (χ0) is 27.6. The van der Waals surface area contributed by atoms with Gasteiger partial charge in [0.05, 0.1) is 20.2 Å². The molecule has 1 aliphatic rings. The van der Waals surface area contributed by atoms with Gasteiger partial charge in [-0.1, -0.05) is 68.7 Å². The third-order valence-corrected chi connectivity index (χ3v) is 11.3. The molecular weight excluding hydrogens is 492 g/mol. The van der Waals surface area contributed by atoms with Crippen LogP contribution in [0.5, 0.6) is 0 Å². The van der Waals surface area contributed by atoms with Crippen LogP contribution in [0.4, 0.5) is 5.69 Å². The van der Waals surface area contributed by atoms with Crippen LogP contribution in [0.25, 0.3) is 48.9 Å². The van der Waals surface area contributed by atoms with E-state index in [1.165, 1.54) is 69.7 Å². The summed E-state index contributed by atoms with van der Waals surface area (Å²) in [5, 5.41) is 5.11. The Morgan fingerprint density at radius 1 is 0.897 bits per heavy atom. The molecule has 198 valence electrons. The monoisotopic (exact) mass is 531 g/mol. The quantitative estimate of drug-likeness (QED) is 0.129. The zero-order valence-electron chi connectivity index (χ0n) is 24.5. The molecule has 0 bridgehead atoms. The predicted molar refractivity (Wildman–Crippen MR) is 167 cm³/mol. The van der Waals surface area contributed by atoms with E-state index in [9.17, 15) is 0 Å². The van der Waals surface area contributed by atoms with Crippen LogP contribution in [0.2, 0.25) is 19.6 Å². The molecule has 4 heteroatoms.